The summed E-state index contributed by atoms with van der Waals surface area (Å²) in [7, 11) is 0. The first kappa shape index (κ1) is 15.8. The smallest absolute Gasteiger partial charge is 0.436 e. The number of benzene rings is 1. The van der Waals surface area contributed by atoms with E-state index in [1.54, 1.807) is 12.1 Å². The van der Waals surface area contributed by atoms with Gasteiger partial charge < -0.3 is 4.74 Å². The molecule has 0 aliphatic heterocycles. The van der Waals surface area contributed by atoms with Gasteiger partial charge in [-0.25, -0.2) is 4.68 Å². The molecule has 0 aliphatic rings. The fourth-order valence-electron chi connectivity index (χ4n) is 1.74. The van der Waals surface area contributed by atoms with Crippen molar-refractivity contribution in [1.29, 1.82) is 5.26 Å². The molecule has 116 valence electrons. The molecule has 0 fully saturated rings. The van der Waals surface area contributed by atoms with Crippen LogP contribution in [-0.2, 0) is 6.18 Å². The van der Waals surface area contributed by atoms with Crippen LogP contribution in [-0.4, -0.2) is 21.6 Å². The van der Waals surface area contributed by atoms with Gasteiger partial charge in [0.15, 0.2) is 11.4 Å². The topological polar surface area (TPSA) is 63.7 Å². The first-order chi connectivity index (χ1) is 10.3. The van der Waals surface area contributed by atoms with Crippen LogP contribution in [0.1, 0.15) is 25.2 Å². The lowest BCUT2D eigenvalue weighted by atomic mass is 10.2. The molecule has 8 heteroatoms. The number of hydrogen-bond acceptors (Lipinski definition) is 4. The number of ether oxygens (including phenoxy) is 1. The summed E-state index contributed by atoms with van der Waals surface area (Å²) in [4.78, 5) is 0. The van der Waals surface area contributed by atoms with Crippen LogP contribution in [0.25, 0.3) is 5.69 Å². The van der Waals surface area contributed by atoms with Crippen LogP contribution in [0.5, 0.6) is 5.75 Å². The lowest BCUT2D eigenvalue weighted by Gasteiger charge is -2.11. The van der Waals surface area contributed by atoms with Gasteiger partial charge in [-0.05, 0) is 30.2 Å². The molecule has 0 aliphatic carbocycles. The minimum Gasteiger partial charge on any atom is -0.493 e. The molecule has 0 spiro atoms. The number of aromatic nitrogens is 3. The van der Waals surface area contributed by atoms with Gasteiger partial charge in [-0.2, -0.15) is 18.4 Å². The van der Waals surface area contributed by atoms with Gasteiger partial charge in [0.1, 0.15) is 11.8 Å². The van der Waals surface area contributed by atoms with E-state index in [0.717, 1.165) is 0 Å². The van der Waals surface area contributed by atoms with Crippen LogP contribution < -0.4 is 4.74 Å². The molecule has 0 amide bonds. The van der Waals surface area contributed by atoms with Gasteiger partial charge in [0.2, 0.25) is 0 Å². The maximum absolute atomic E-state index is 13.0. The second kappa shape index (κ2) is 6.05. The van der Waals surface area contributed by atoms with Crippen LogP contribution in [0.4, 0.5) is 13.2 Å². The second-order valence-corrected chi connectivity index (χ2v) is 5.01. The number of alkyl halides is 3. The maximum Gasteiger partial charge on any atom is 0.436 e. The summed E-state index contributed by atoms with van der Waals surface area (Å²) in [6.07, 6.45) is -4.72. The second-order valence-electron chi connectivity index (χ2n) is 5.01. The van der Waals surface area contributed by atoms with E-state index in [1.807, 2.05) is 13.8 Å². The Morgan fingerprint density at radius 2 is 1.91 bits per heavy atom. The van der Waals surface area contributed by atoms with E-state index >= 15 is 0 Å². The van der Waals surface area contributed by atoms with Gasteiger partial charge in [-0.1, -0.05) is 19.1 Å². The van der Waals surface area contributed by atoms with Crippen molar-refractivity contribution in [2.45, 2.75) is 20.0 Å². The molecule has 1 aromatic heterocycles. The van der Waals surface area contributed by atoms with Gasteiger partial charge in [-0.15, -0.1) is 5.10 Å². The molecular weight excluding hydrogens is 297 g/mol. The van der Waals surface area contributed by atoms with E-state index in [0.29, 0.717) is 23.0 Å². The standard InChI is InChI=1S/C14H13F3N4O/c1-9(2)8-22-11-5-3-10(4-6-11)21-13(14(15,16)17)12(7-18)19-20-21/h3-6,9H,8H2,1-2H3. The summed E-state index contributed by atoms with van der Waals surface area (Å²) < 4.78 is 45.1. The van der Waals surface area contributed by atoms with Crippen molar-refractivity contribution >= 4 is 0 Å². The van der Waals surface area contributed by atoms with E-state index in [1.165, 1.54) is 18.2 Å². The summed E-state index contributed by atoms with van der Waals surface area (Å²) in [5, 5.41) is 15.4. The maximum atomic E-state index is 13.0. The van der Waals surface area contributed by atoms with Gasteiger partial charge in [0.25, 0.3) is 0 Å². The molecule has 2 aromatic rings. The van der Waals surface area contributed by atoms with Crippen molar-refractivity contribution in [2.75, 3.05) is 6.61 Å². The Hall–Kier alpha value is -2.56. The van der Waals surface area contributed by atoms with Crippen LogP contribution in [0.15, 0.2) is 24.3 Å². The lowest BCUT2D eigenvalue weighted by Crippen LogP contribution is -2.14. The van der Waals surface area contributed by atoms with Crippen molar-refractivity contribution in [2.24, 2.45) is 5.92 Å². The molecule has 2 rings (SSSR count). The Morgan fingerprint density at radius 3 is 2.41 bits per heavy atom. The third-order valence-corrected chi connectivity index (χ3v) is 2.71. The van der Waals surface area contributed by atoms with Crippen molar-refractivity contribution in [1.82, 2.24) is 15.0 Å². The van der Waals surface area contributed by atoms with Gasteiger partial charge in [0.05, 0.1) is 12.3 Å². The average Bonchev–Trinajstić information content (AvgIpc) is 2.89. The van der Waals surface area contributed by atoms with Crippen molar-refractivity contribution in [3.63, 3.8) is 0 Å². The quantitative estimate of drug-likeness (QED) is 0.870. The lowest BCUT2D eigenvalue weighted by molar-refractivity contribution is -0.143. The SMILES string of the molecule is CC(C)COc1ccc(-n2nnc(C#N)c2C(F)(F)F)cc1. The zero-order valence-corrected chi connectivity index (χ0v) is 11.9. The van der Waals surface area contributed by atoms with Crippen LogP contribution in [0.2, 0.25) is 0 Å². The number of nitriles is 1. The minimum absolute atomic E-state index is 0.151. The number of nitrogens with zero attached hydrogens (tertiary/aromatic N) is 4. The van der Waals surface area contributed by atoms with Crippen molar-refractivity contribution in [3.05, 3.63) is 35.7 Å². The van der Waals surface area contributed by atoms with Gasteiger partial charge in [0, 0.05) is 0 Å². The molecule has 0 unspecified atom stereocenters. The highest BCUT2D eigenvalue weighted by Gasteiger charge is 2.40. The summed E-state index contributed by atoms with van der Waals surface area (Å²) in [5.41, 5.74) is -1.79. The summed E-state index contributed by atoms with van der Waals surface area (Å²) in [5.74, 6) is 0.886. The van der Waals surface area contributed by atoms with E-state index in [2.05, 4.69) is 10.3 Å². The first-order valence-corrected chi connectivity index (χ1v) is 6.49. The average molecular weight is 310 g/mol. The molecule has 0 radical (unpaired) electrons. The molecule has 1 heterocycles. The predicted molar refractivity (Wildman–Crippen MR) is 71.4 cm³/mol. The van der Waals surface area contributed by atoms with E-state index in [-0.39, 0.29) is 5.69 Å². The van der Waals surface area contributed by atoms with Gasteiger partial charge in [-0.3, -0.25) is 0 Å². The van der Waals surface area contributed by atoms with Crippen molar-refractivity contribution in [3.8, 4) is 17.5 Å². The highest BCUT2D eigenvalue weighted by molar-refractivity contribution is 5.40. The Balaban J connectivity index is 2.33. The first-order valence-electron chi connectivity index (χ1n) is 6.49. The molecule has 22 heavy (non-hydrogen) atoms. The molecule has 0 N–H and O–H groups in total. The van der Waals surface area contributed by atoms with Crippen LogP contribution in [0, 0.1) is 17.2 Å². The predicted octanol–water partition coefficient (Wildman–Crippen LogP) is 3.19. The molecule has 0 saturated heterocycles. The summed E-state index contributed by atoms with van der Waals surface area (Å²) in [6.45, 7) is 4.49. The fourth-order valence-corrected chi connectivity index (χ4v) is 1.74. The zero-order chi connectivity index (χ0) is 16.3. The Kier molecular flexibility index (Phi) is 4.35. The Bertz CT molecular complexity index is 684. The highest BCUT2D eigenvalue weighted by atomic mass is 19.4. The Morgan fingerprint density at radius 1 is 1.27 bits per heavy atom. The zero-order valence-electron chi connectivity index (χ0n) is 11.9. The van der Waals surface area contributed by atoms with Crippen LogP contribution in [0.3, 0.4) is 0 Å². The Labute approximate surface area is 124 Å². The van der Waals surface area contributed by atoms with E-state index in [9.17, 15) is 13.2 Å². The number of rotatable bonds is 4. The van der Waals surface area contributed by atoms with Gasteiger partial charge >= 0.3 is 6.18 Å². The number of hydrogen-bond donors (Lipinski definition) is 0. The summed E-state index contributed by atoms with van der Waals surface area (Å²) >= 11 is 0. The fraction of sp³-hybridized carbons (Fsp3) is 0.357. The normalized spacial score (nSPS) is 11.5. The number of halogens is 3. The molecule has 0 bridgehead atoms. The van der Waals surface area contributed by atoms with E-state index < -0.39 is 17.6 Å². The van der Waals surface area contributed by atoms with Crippen LogP contribution >= 0.6 is 0 Å². The third kappa shape index (κ3) is 3.36. The third-order valence-electron chi connectivity index (χ3n) is 2.71. The molecule has 0 saturated carbocycles. The highest BCUT2D eigenvalue weighted by Crippen LogP contribution is 2.32. The van der Waals surface area contributed by atoms with Crippen molar-refractivity contribution < 1.29 is 17.9 Å². The molecule has 5 nitrogen and oxygen atoms in total. The molecule has 0 atom stereocenters. The summed E-state index contributed by atoms with van der Waals surface area (Å²) in [6, 6.07) is 7.35. The monoisotopic (exact) mass is 310 g/mol. The molecular formula is C14H13F3N4O. The largest absolute Gasteiger partial charge is 0.493 e. The minimum atomic E-state index is -4.72. The molecule has 1 aromatic carbocycles. The van der Waals surface area contributed by atoms with E-state index in [4.69, 9.17) is 10.00 Å².